The number of carbonyl (C=O) groups is 4. The summed E-state index contributed by atoms with van der Waals surface area (Å²) in [5.41, 5.74) is 5.64. The van der Waals surface area contributed by atoms with Crippen molar-refractivity contribution in [2.45, 2.75) is 78.0 Å². The molecular formula is C33H42N4O7S2. The van der Waals surface area contributed by atoms with E-state index in [4.69, 9.17) is 0 Å². The first-order valence-electron chi connectivity index (χ1n) is 15.2. The zero-order valence-electron chi connectivity index (χ0n) is 26.3. The number of carbonyl (C=O) groups excluding carboxylic acids is 2. The van der Waals surface area contributed by atoms with Crippen molar-refractivity contribution in [1.82, 2.24) is 20.6 Å². The van der Waals surface area contributed by atoms with Gasteiger partial charge in [0.15, 0.2) is 0 Å². The summed E-state index contributed by atoms with van der Waals surface area (Å²) in [7, 11) is 0. The maximum Gasteiger partial charge on any atom is 0.307 e. The quantitative estimate of drug-likeness (QED) is 0.146. The predicted octanol–water partition coefficient (Wildman–Crippen LogP) is 1.97. The number of amides is 2. The number of rotatable bonds is 13. The number of hydrogen-bond acceptors (Lipinski definition) is 7. The summed E-state index contributed by atoms with van der Waals surface area (Å²) in [6.07, 6.45) is 4.88. The predicted molar refractivity (Wildman–Crippen MR) is 181 cm³/mol. The molecule has 248 valence electrons. The SMILES string of the molecule is CC1=C(/C=C\S)C(=O)N[C@@H]1Cc1[nH]c(/C=c2\[nH]c([C@H](O)C3NC(=O)[C@H](C)[C@H]3CCS)c(C)\c2=C/CC(=O)O)c(CCC(=O)O)c1C. The third-order valence-electron chi connectivity index (χ3n) is 9.31. The normalized spacial score (nSPS) is 23.1. The Bertz CT molecular complexity index is 1720. The van der Waals surface area contributed by atoms with E-state index in [-0.39, 0.29) is 49.0 Å². The first kappa shape index (κ1) is 35.2. The second-order valence-electron chi connectivity index (χ2n) is 12.0. The summed E-state index contributed by atoms with van der Waals surface area (Å²) >= 11 is 8.45. The van der Waals surface area contributed by atoms with Crippen molar-refractivity contribution in [2.24, 2.45) is 11.8 Å². The molecule has 1 fully saturated rings. The van der Waals surface area contributed by atoms with Crippen molar-refractivity contribution in [3.63, 3.8) is 0 Å². The van der Waals surface area contributed by atoms with E-state index in [2.05, 4.69) is 45.9 Å². The van der Waals surface area contributed by atoms with Gasteiger partial charge in [0.1, 0.15) is 6.10 Å². The molecule has 2 aromatic rings. The van der Waals surface area contributed by atoms with Crippen LogP contribution in [0.25, 0.3) is 12.2 Å². The second kappa shape index (κ2) is 14.8. The molecule has 5 atom stereocenters. The van der Waals surface area contributed by atoms with Crippen molar-refractivity contribution in [2.75, 3.05) is 5.75 Å². The lowest BCUT2D eigenvalue weighted by Gasteiger charge is -2.25. The van der Waals surface area contributed by atoms with E-state index in [0.717, 1.165) is 22.4 Å². The number of hydrogen-bond donors (Lipinski definition) is 9. The lowest BCUT2D eigenvalue weighted by atomic mass is 9.85. The van der Waals surface area contributed by atoms with Gasteiger partial charge in [-0.3, -0.25) is 19.2 Å². The van der Waals surface area contributed by atoms with Crippen LogP contribution in [0, 0.1) is 25.7 Å². The molecule has 0 radical (unpaired) electrons. The number of carboxylic acids is 2. The van der Waals surface area contributed by atoms with Gasteiger partial charge in [0, 0.05) is 46.8 Å². The smallest absolute Gasteiger partial charge is 0.307 e. The molecule has 2 aliphatic heterocycles. The van der Waals surface area contributed by atoms with Crippen LogP contribution in [0.5, 0.6) is 0 Å². The molecule has 4 heterocycles. The van der Waals surface area contributed by atoms with Crippen LogP contribution in [0.3, 0.4) is 0 Å². The molecule has 0 saturated carbocycles. The summed E-state index contributed by atoms with van der Waals surface area (Å²) < 4.78 is 0. The van der Waals surface area contributed by atoms with Crippen LogP contribution in [0.2, 0.25) is 0 Å². The van der Waals surface area contributed by atoms with E-state index >= 15 is 0 Å². The van der Waals surface area contributed by atoms with Gasteiger partial charge in [-0.1, -0.05) is 13.0 Å². The molecule has 11 nitrogen and oxygen atoms in total. The van der Waals surface area contributed by atoms with Gasteiger partial charge in [-0.15, -0.1) is 0 Å². The van der Waals surface area contributed by atoms with Crippen LogP contribution in [0.4, 0.5) is 0 Å². The molecule has 2 amide bonds. The molecule has 13 heteroatoms. The van der Waals surface area contributed by atoms with Crippen molar-refractivity contribution < 1.29 is 34.5 Å². The maximum atomic E-state index is 12.6. The fraction of sp³-hybridized carbons (Fsp3) is 0.455. The molecular weight excluding hydrogens is 629 g/mol. The largest absolute Gasteiger partial charge is 0.481 e. The third kappa shape index (κ3) is 7.31. The number of H-pyrrole nitrogens is 2. The molecule has 0 aliphatic carbocycles. The average Bonchev–Trinajstić information content (AvgIpc) is 3.65. The van der Waals surface area contributed by atoms with E-state index in [0.29, 0.717) is 51.7 Å². The van der Waals surface area contributed by atoms with Gasteiger partial charge in [-0.05, 0) is 90.3 Å². The van der Waals surface area contributed by atoms with Crippen LogP contribution >= 0.6 is 25.3 Å². The Morgan fingerprint density at radius 1 is 1.04 bits per heavy atom. The highest BCUT2D eigenvalue weighted by molar-refractivity contribution is 7.83. The van der Waals surface area contributed by atoms with Gasteiger partial charge in [0.05, 0.1) is 18.5 Å². The monoisotopic (exact) mass is 670 g/mol. The van der Waals surface area contributed by atoms with Gasteiger partial charge < -0.3 is 35.9 Å². The van der Waals surface area contributed by atoms with Crippen LogP contribution in [-0.4, -0.2) is 66.9 Å². The molecule has 1 unspecified atom stereocenters. The molecule has 1 saturated heterocycles. The van der Waals surface area contributed by atoms with Crippen LogP contribution in [0.15, 0.2) is 22.6 Å². The molecule has 4 rings (SSSR count). The van der Waals surface area contributed by atoms with Crippen molar-refractivity contribution in [1.29, 1.82) is 0 Å². The summed E-state index contributed by atoms with van der Waals surface area (Å²) in [5, 5.41) is 39.1. The van der Waals surface area contributed by atoms with Gasteiger partial charge in [-0.25, -0.2) is 0 Å². The molecule has 0 aromatic carbocycles. The maximum absolute atomic E-state index is 12.6. The zero-order chi connectivity index (χ0) is 33.9. The molecule has 0 bridgehead atoms. The molecule has 46 heavy (non-hydrogen) atoms. The number of aliphatic hydroxyl groups is 1. The van der Waals surface area contributed by atoms with Gasteiger partial charge in [0.2, 0.25) is 5.91 Å². The minimum atomic E-state index is -1.09. The Hall–Kier alpha value is -3.68. The number of nitrogens with one attached hydrogen (secondary N) is 4. The van der Waals surface area contributed by atoms with Crippen molar-refractivity contribution in [3.8, 4) is 0 Å². The highest BCUT2D eigenvalue weighted by Gasteiger charge is 2.43. The molecule has 7 N–H and O–H groups in total. The van der Waals surface area contributed by atoms with E-state index in [1.54, 1.807) is 25.2 Å². The first-order valence-corrected chi connectivity index (χ1v) is 16.4. The topological polar surface area (TPSA) is 185 Å². The minimum Gasteiger partial charge on any atom is -0.481 e. The highest BCUT2D eigenvalue weighted by atomic mass is 32.1. The number of thiol groups is 2. The fourth-order valence-electron chi connectivity index (χ4n) is 6.64. The van der Waals surface area contributed by atoms with Crippen LogP contribution in [-0.2, 0) is 32.0 Å². The summed E-state index contributed by atoms with van der Waals surface area (Å²) in [6.45, 7) is 7.41. The molecule has 2 aliphatic rings. The van der Waals surface area contributed by atoms with Crippen LogP contribution < -0.4 is 21.2 Å². The first-order chi connectivity index (χ1) is 21.8. The number of aliphatic carboxylic acids is 2. The second-order valence-corrected chi connectivity index (χ2v) is 12.8. The highest BCUT2D eigenvalue weighted by Crippen LogP contribution is 2.34. The average molecular weight is 671 g/mol. The van der Waals surface area contributed by atoms with Gasteiger partial charge >= 0.3 is 11.9 Å². The summed E-state index contributed by atoms with van der Waals surface area (Å²) in [4.78, 5) is 55.0. The number of aliphatic hydroxyl groups excluding tert-OH is 1. The summed E-state index contributed by atoms with van der Waals surface area (Å²) in [6, 6.07) is -0.828. The van der Waals surface area contributed by atoms with E-state index in [1.165, 1.54) is 5.41 Å². The van der Waals surface area contributed by atoms with E-state index in [9.17, 15) is 34.5 Å². The van der Waals surface area contributed by atoms with E-state index < -0.39 is 24.1 Å². The lowest BCUT2D eigenvalue weighted by Crippen LogP contribution is -2.36. The Morgan fingerprint density at radius 2 is 1.76 bits per heavy atom. The lowest BCUT2D eigenvalue weighted by molar-refractivity contribution is -0.137. The van der Waals surface area contributed by atoms with Crippen molar-refractivity contribution >= 4 is 61.2 Å². The minimum absolute atomic E-state index is 0.104. The number of aromatic nitrogens is 2. The van der Waals surface area contributed by atoms with E-state index in [1.807, 2.05) is 20.8 Å². The van der Waals surface area contributed by atoms with Gasteiger partial charge in [0.25, 0.3) is 5.91 Å². The summed E-state index contributed by atoms with van der Waals surface area (Å²) in [5.74, 6) is -2.18. The van der Waals surface area contributed by atoms with Crippen molar-refractivity contribution in [3.05, 3.63) is 67.0 Å². The Kier molecular flexibility index (Phi) is 11.3. The standard InChI is InChI=1S/C33H42N4O7S2/c1-15-19(5-7-27(38)39)25(34-23(15)13-24-16(2)22(10-12-46)33(44)36-24)14-26-20(6-8-28(40)41)17(3)29(35-26)31(42)30-21(9-11-45)18(4)32(43)37-30/h6,10,12,14,18,21,24,30-31,34-35,42,45-46H,5,7-9,11,13H2,1-4H3,(H,36,44)(H,37,43)(H,38,39)(H,40,41)/b12-10-,20-6+,26-14-/t18-,21-,24-,30?,31+/m1/s1. The van der Waals surface area contributed by atoms with Crippen LogP contribution in [0.1, 0.15) is 73.0 Å². The Labute approximate surface area is 278 Å². The zero-order valence-corrected chi connectivity index (χ0v) is 28.1. The Balaban J connectivity index is 1.84. The number of aromatic amines is 2. The Morgan fingerprint density at radius 3 is 2.39 bits per heavy atom. The third-order valence-corrected chi connectivity index (χ3v) is 9.72. The molecule has 2 aromatic heterocycles. The van der Waals surface area contributed by atoms with Gasteiger partial charge in [-0.2, -0.15) is 25.3 Å². The molecule has 0 spiro atoms. The number of carboxylic acid groups (broad SMARTS) is 2. The fourth-order valence-corrected chi connectivity index (χ4v) is 7.08.